The summed E-state index contributed by atoms with van der Waals surface area (Å²) in [5.74, 6) is 0. The highest BCUT2D eigenvalue weighted by Crippen LogP contribution is 2.14. The van der Waals surface area contributed by atoms with Gasteiger partial charge in [0, 0.05) is 0 Å². The number of rotatable bonds is 4. The van der Waals surface area contributed by atoms with Gasteiger partial charge in [0.1, 0.15) is 0 Å². The van der Waals surface area contributed by atoms with Crippen LogP contribution in [0.3, 0.4) is 0 Å². The molecule has 0 heterocycles. The second-order valence-electron chi connectivity index (χ2n) is 2.03. The first kappa shape index (κ1) is 8.77. The van der Waals surface area contributed by atoms with Crippen molar-refractivity contribution in [3.05, 3.63) is 24.8 Å². The van der Waals surface area contributed by atoms with Gasteiger partial charge >= 0.3 is 0 Å². The van der Waals surface area contributed by atoms with Gasteiger partial charge in [-0.1, -0.05) is 25.2 Å². The molecule has 1 atom stereocenters. The molecule has 0 nitrogen and oxygen atoms in total. The third-order valence-electron chi connectivity index (χ3n) is 1.21. The monoisotopic (exact) mass is 144 g/mol. The number of hydrogen-bond donors (Lipinski definition) is 0. The summed E-state index contributed by atoms with van der Waals surface area (Å²) in [7, 11) is 0. The normalized spacial score (nSPS) is 12.7. The molecule has 0 aromatic carbocycles. The molecule has 52 valence electrons. The lowest BCUT2D eigenvalue weighted by Crippen LogP contribution is -1.97. The van der Waals surface area contributed by atoms with Gasteiger partial charge in [-0.2, -0.15) is 0 Å². The maximum atomic E-state index is 5.85. The van der Waals surface area contributed by atoms with Gasteiger partial charge in [0.25, 0.3) is 0 Å². The van der Waals surface area contributed by atoms with Crippen LogP contribution in [-0.4, -0.2) is 5.38 Å². The second kappa shape index (κ2) is 4.63. The van der Waals surface area contributed by atoms with Crippen molar-refractivity contribution in [3.63, 3.8) is 0 Å². The Morgan fingerprint density at radius 3 is 2.67 bits per heavy atom. The van der Waals surface area contributed by atoms with Crippen molar-refractivity contribution < 1.29 is 0 Å². The van der Waals surface area contributed by atoms with Crippen molar-refractivity contribution in [1.82, 2.24) is 0 Å². The molecule has 0 radical (unpaired) electrons. The zero-order valence-corrected chi connectivity index (χ0v) is 6.62. The molecule has 0 fully saturated rings. The van der Waals surface area contributed by atoms with Crippen LogP contribution in [0.5, 0.6) is 0 Å². The molecule has 9 heavy (non-hydrogen) atoms. The molecule has 0 aromatic rings. The molecule has 0 aliphatic rings. The smallest absolute Gasteiger partial charge is 0.0543 e. The van der Waals surface area contributed by atoms with E-state index in [0.717, 1.165) is 18.4 Å². The first-order valence-electron chi connectivity index (χ1n) is 3.15. The minimum absolute atomic E-state index is 0.128. The van der Waals surface area contributed by atoms with E-state index >= 15 is 0 Å². The van der Waals surface area contributed by atoms with Crippen LogP contribution in [0, 0.1) is 0 Å². The average Bonchev–Trinajstić information content (AvgIpc) is 1.87. The lowest BCUT2D eigenvalue weighted by molar-refractivity contribution is 0.893. The van der Waals surface area contributed by atoms with Gasteiger partial charge in [-0.3, -0.25) is 0 Å². The summed E-state index contributed by atoms with van der Waals surface area (Å²) < 4.78 is 0. The van der Waals surface area contributed by atoms with Crippen LogP contribution < -0.4 is 0 Å². The number of hydrogen-bond acceptors (Lipinski definition) is 0. The summed E-state index contributed by atoms with van der Waals surface area (Å²) in [6.45, 7) is 9.46. The maximum absolute atomic E-state index is 5.85. The highest BCUT2D eigenvalue weighted by Gasteiger charge is 2.02. The largest absolute Gasteiger partial charge is 0.118 e. The lowest BCUT2D eigenvalue weighted by atomic mass is 10.1. The van der Waals surface area contributed by atoms with E-state index in [1.165, 1.54) is 0 Å². The zero-order valence-electron chi connectivity index (χ0n) is 5.86. The second-order valence-corrected chi connectivity index (χ2v) is 2.55. The van der Waals surface area contributed by atoms with Crippen LogP contribution in [0.25, 0.3) is 0 Å². The lowest BCUT2D eigenvalue weighted by Gasteiger charge is -2.06. The topological polar surface area (TPSA) is 0 Å². The van der Waals surface area contributed by atoms with E-state index in [2.05, 4.69) is 13.2 Å². The molecular weight excluding hydrogens is 132 g/mol. The van der Waals surface area contributed by atoms with Crippen molar-refractivity contribution in [3.8, 4) is 0 Å². The van der Waals surface area contributed by atoms with Crippen LogP contribution in [-0.2, 0) is 0 Å². The summed E-state index contributed by atoms with van der Waals surface area (Å²) in [4.78, 5) is 0. The van der Waals surface area contributed by atoms with E-state index in [4.69, 9.17) is 11.6 Å². The van der Waals surface area contributed by atoms with E-state index in [1.54, 1.807) is 0 Å². The van der Waals surface area contributed by atoms with Crippen LogP contribution in [0.15, 0.2) is 24.8 Å². The van der Waals surface area contributed by atoms with Gasteiger partial charge in [-0.25, -0.2) is 0 Å². The quantitative estimate of drug-likeness (QED) is 0.420. The maximum Gasteiger partial charge on any atom is 0.0543 e. The van der Waals surface area contributed by atoms with Crippen LogP contribution in [0.1, 0.15) is 19.8 Å². The Morgan fingerprint density at radius 2 is 2.33 bits per heavy atom. The van der Waals surface area contributed by atoms with Crippen LogP contribution in [0.2, 0.25) is 0 Å². The Bertz CT molecular complexity index is 105. The summed E-state index contributed by atoms with van der Waals surface area (Å²) >= 11 is 5.85. The highest BCUT2D eigenvalue weighted by atomic mass is 35.5. The molecule has 1 unspecified atom stereocenters. The fourth-order valence-corrected chi connectivity index (χ4v) is 0.691. The third-order valence-corrected chi connectivity index (χ3v) is 1.83. The van der Waals surface area contributed by atoms with Gasteiger partial charge in [0.05, 0.1) is 5.38 Å². The van der Waals surface area contributed by atoms with Gasteiger partial charge in [0.2, 0.25) is 0 Å². The minimum Gasteiger partial charge on any atom is -0.118 e. The Labute approximate surface area is 62.2 Å². The van der Waals surface area contributed by atoms with Crippen LogP contribution >= 0.6 is 11.6 Å². The standard InChI is InChI=1S/C8H13Cl/c1-4-6-7(3)8(9)5-2/h4,8H,1,3,5-6H2,2H3. The van der Waals surface area contributed by atoms with Gasteiger partial charge in [-0.15, -0.1) is 18.2 Å². The predicted octanol–water partition coefficient (Wildman–Crippen LogP) is 3.14. The number of halogens is 1. The number of allylic oxidation sites excluding steroid dienone is 2. The molecule has 0 bridgehead atoms. The van der Waals surface area contributed by atoms with E-state index < -0.39 is 0 Å². The Hall–Kier alpha value is -0.230. The molecule has 0 saturated heterocycles. The molecule has 0 aliphatic heterocycles. The van der Waals surface area contributed by atoms with E-state index in [-0.39, 0.29) is 5.38 Å². The minimum atomic E-state index is 0.128. The molecule has 0 aliphatic carbocycles. The molecule has 0 amide bonds. The summed E-state index contributed by atoms with van der Waals surface area (Å²) in [6, 6.07) is 0. The molecule has 0 rings (SSSR count). The summed E-state index contributed by atoms with van der Waals surface area (Å²) in [5.41, 5.74) is 1.06. The Morgan fingerprint density at radius 1 is 1.78 bits per heavy atom. The Balaban J connectivity index is 3.58. The van der Waals surface area contributed by atoms with Crippen molar-refractivity contribution >= 4 is 11.6 Å². The first-order valence-corrected chi connectivity index (χ1v) is 3.58. The number of alkyl halides is 1. The molecule has 1 heteroatoms. The Kier molecular flexibility index (Phi) is 4.51. The van der Waals surface area contributed by atoms with Crippen LogP contribution in [0.4, 0.5) is 0 Å². The molecular formula is C8H13Cl. The van der Waals surface area contributed by atoms with E-state index in [9.17, 15) is 0 Å². The molecule has 0 N–H and O–H groups in total. The highest BCUT2D eigenvalue weighted by molar-refractivity contribution is 6.22. The fraction of sp³-hybridized carbons (Fsp3) is 0.500. The van der Waals surface area contributed by atoms with Gasteiger partial charge < -0.3 is 0 Å². The SMILES string of the molecule is C=CCC(=C)C(Cl)CC. The van der Waals surface area contributed by atoms with E-state index in [1.807, 2.05) is 13.0 Å². The fourth-order valence-electron chi connectivity index (χ4n) is 0.602. The van der Waals surface area contributed by atoms with Gasteiger partial charge in [0.15, 0.2) is 0 Å². The molecule has 0 aromatic heterocycles. The van der Waals surface area contributed by atoms with Crippen molar-refractivity contribution in [2.45, 2.75) is 25.1 Å². The van der Waals surface area contributed by atoms with E-state index in [0.29, 0.717) is 0 Å². The zero-order chi connectivity index (χ0) is 7.28. The van der Waals surface area contributed by atoms with Gasteiger partial charge in [-0.05, 0) is 12.8 Å². The first-order chi connectivity index (χ1) is 4.22. The summed E-state index contributed by atoms with van der Waals surface area (Å²) in [6.07, 6.45) is 3.61. The van der Waals surface area contributed by atoms with Crippen molar-refractivity contribution in [2.75, 3.05) is 0 Å². The average molecular weight is 145 g/mol. The predicted molar refractivity (Wildman–Crippen MR) is 43.9 cm³/mol. The third kappa shape index (κ3) is 3.36. The van der Waals surface area contributed by atoms with Crippen molar-refractivity contribution in [2.24, 2.45) is 0 Å². The molecule has 0 spiro atoms. The molecule has 0 saturated carbocycles. The van der Waals surface area contributed by atoms with Crippen molar-refractivity contribution in [1.29, 1.82) is 0 Å². The summed E-state index contributed by atoms with van der Waals surface area (Å²) in [5, 5.41) is 0.128.